The molecule has 1 amide bonds. The van der Waals surface area contributed by atoms with Crippen molar-refractivity contribution in [3.63, 3.8) is 0 Å². The second-order valence-electron chi connectivity index (χ2n) is 9.45. The zero-order valence-corrected chi connectivity index (χ0v) is 18.8. The van der Waals surface area contributed by atoms with Crippen molar-refractivity contribution >= 4 is 5.91 Å². The van der Waals surface area contributed by atoms with Gasteiger partial charge in [-0.15, -0.1) is 0 Å². The number of nitrogens with zero attached hydrogens (tertiary/aromatic N) is 2. The number of rotatable bonds is 6. The minimum atomic E-state index is -0.322. The minimum absolute atomic E-state index is 0.00279. The molecule has 1 aromatic carbocycles. The lowest BCUT2D eigenvalue weighted by molar-refractivity contribution is -0.131. The average molecular weight is 436 g/mol. The number of piperidine rings is 1. The van der Waals surface area contributed by atoms with Gasteiger partial charge in [-0.2, -0.15) is 0 Å². The maximum absolute atomic E-state index is 12.9. The first kappa shape index (κ1) is 21.4. The molecular formula is C26H33N3O3. The zero-order valence-electron chi connectivity index (χ0n) is 18.8. The molecular weight excluding hydrogens is 402 g/mol. The van der Waals surface area contributed by atoms with E-state index in [9.17, 15) is 4.79 Å². The first-order valence-corrected chi connectivity index (χ1v) is 12.0. The fraction of sp³-hybridized carbons (Fsp3) is 0.538. The summed E-state index contributed by atoms with van der Waals surface area (Å²) in [6, 6.07) is 12.5. The summed E-state index contributed by atoms with van der Waals surface area (Å²) in [5.41, 5.74) is 3.59. The fourth-order valence-corrected chi connectivity index (χ4v) is 5.36. The first-order valence-electron chi connectivity index (χ1n) is 12.0. The van der Waals surface area contributed by atoms with Gasteiger partial charge in [-0.1, -0.05) is 18.2 Å². The summed E-state index contributed by atoms with van der Waals surface area (Å²) in [7, 11) is 0. The highest BCUT2D eigenvalue weighted by atomic mass is 16.5. The summed E-state index contributed by atoms with van der Waals surface area (Å²) in [6.07, 6.45) is 6.71. The lowest BCUT2D eigenvalue weighted by Gasteiger charge is -2.37. The second kappa shape index (κ2) is 9.59. The van der Waals surface area contributed by atoms with Gasteiger partial charge in [-0.05, 0) is 74.4 Å². The van der Waals surface area contributed by atoms with E-state index in [1.807, 2.05) is 24.4 Å². The van der Waals surface area contributed by atoms with Crippen LogP contribution in [0.3, 0.4) is 0 Å². The van der Waals surface area contributed by atoms with Crippen molar-refractivity contribution < 1.29 is 14.3 Å². The smallest absolute Gasteiger partial charge is 0.249 e. The van der Waals surface area contributed by atoms with Gasteiger partial charge in [0.15, 0.2) is 0 Å². The minimum Gasteiger partial charge on any atom is -0.490 e. The van der Waals surface area contributed by atoms with Crippen LogP contribution in [-0.4, -0.2) is 47.7 Å². The van der Waals surface area contributed by atoms with E-state index in [0.717, 1.165) is 63.2 Å². The van der Waals surface area contributed by atoms with Crippen molar-refractivity contribution in [2.45, 2.75) is 63.8 Å². The van der Waals surface area contributed by atoms with Gasteiger partial charge in [0.05, 0.1) is 11.7 Å². The maximum atomic E-state index is 12.9. The van der Waals surface area contributed by atoms with Gasteiger partial charge in [-0.3, -0.25) is 14.7 Å². The van der Waals surface area contributed by atoms with Gasteiger partial charge < -0.3 is 14.8 Å². The Balaban J connectivity index is 1.29. The molecule has 6 heteroatoms. The molecule has 1 aromatic heterocycles. The van der Waals surface area contributed by atoms with E-state index in [1.165, 1.54) is 11.1 Å². The number of amides is 1. The van der Waals surface area contributed by atoms with E-state index in [1.54, 1.807) is 0 Å². The molecule has 4 atom stereocenters. The third-order valence-corrected chi connectivity index (χ3v) is 6.91. The van der Waals surface area contributed by atoms with Crippen molar-refractivity contribution in [2.75, 3.05) is 19.7 Å². The van der Waals surface area contributed by atoms with Crippen LogP contribution in [0.25, 0.3) is 0 Å². The van der Waals surface area contributed by atoms with Crippen LogP contribution in [0, 0.1) is 5.92 Å². The second-order valence-corrected chi connectivity index (χ2v) is 9.45. The number of benzene rings is 1. The summed E-state index contributed by atoms with van der Waals surface area (Å²) < 4.78 is 11.5. The summed E-state index contributed by atoms with van der Waals surface area (Å²) >= 11 is 0. The molecule has 0 saturated carbocycles. The van der Waals surface area contributed by atoms with E-state index >= 15 is 0 Å². The molecule has 3 aliphatic heterocycles. The Labute approximate surface area is 190 Å². The van der Waals surface area contributed by atoms with Gasteiger partial charge in [0.25, 0.3) is 0 Å². The molecule has 0 spiro atoms. The van der Waals surface area contributed by atoms with Gasteiger partial charge in [0, 0.05) is 32.3 Å². The normalized spacial score (nSPS) is 26.3. The Hall–Kier alpha value is -2.44. The number of ether oxygens (including phenoxy) is 2. The standard InChI is InChI=1S/C26H33N3O3/c1-18-14-21-15-19(9-10-23(21)32-18)16-29-12-4-6-20(17-29)25(22-7-2-3-11-27-22)28-26(30)24-8-5-13-31-24/h2-3,7,9-11,15,18,20,24-25H,4-6,8,12-14,16-17H2,1H3,(H,28,30)/t18-,20+,24+,25-/m1/s1. The third kappa shape index (κ3) is 4.81. The number of fused-ring (bicyclic) bond motifs is 1. The number of pyridine rings is 1. The Morgan fingerprint density at radius 1 is 1.25 bits per heavy atom. The lowest BCUT2D eigenvalue weighted by atomic mass is 9.88. The molecule has 2 saturated heterocycles. The molecule has 4 heterocycles. The van der Waals surface area contributed by atoms with Crippen LogP contribution in [0.5, 0.6) is 5.75 Å². The van der Waals surface area contributed by atoms with E-state index < -0.39 is 0 Å². The summed E-state index contributed by atoms with van der Waals surface area (Å²) in [5, 5.41) is 3.30. The molecule has 2 aromatic rings. The molecule has 0 aliphatic carbocycles. The van der Waals surface area contributed by atoms with Crippen LogP contribution < -0.4 is 10.1 Å². The van der Waals surface area contributed by atoms with Gasteiger partial charge >= 0.3 is 0 Å². The Bertz CT molecular complexity index is 929. The molecule has 5 rings (SSSR count). The number of aromatic nitrogens is 1. The highest BCUT2D eigenvalue weighted by molar-refractivity contribution is 5.81. The third-order valence-electron chi connectivity index (χ3n) is 6.91. The van der Waals surface area contributed by atoms with E-state index in [4.69, 9.17) is 9.47 Å². The number of likely N-dealkylation sites (tertiary alicyclic amines) is 1. The number of hydrogen-bond donors (Lipinski definition) is 1. The van der Waals surface area contributed by atoms with Crippen LogP contribution in [0.15, 0.2) is 42.6 Å². The predicted octanol–water partition coefficient (Wildman–Crippen LogP) is 3.65. The quantitative estimate of drug-likeness (QED) is 0.750. The Morgan fingerprint density at radius 3 is 3.00 bits per heavy atom. The first-order chi connectivity index (χ1) is 15.7. The summed E-state index contributed by atoms with van der Waals surface area (Å²) in [4.78, 5) is 20.0. The predicted molar refractivity (Wildman–Crippen MR) is 122 cm³/mol. The van der Waals surface area contributed by atoms with Crippen LogP contribution in [0.1, 0.15) is 55.5 Å². The summed E-state index contributed by atoms with van der Waals surface area (Å²) in [6.45, 7) is 5.74. The number of carbonyl (C=O) groups is 1. The molecule has 1 N–H and O–H groups in total. The maximum Gasteiger partial charge on any atom is 0.249 e. The topological polar surface area (TPSA) is 63.7 Å². The number of hydrogen-bond acceptors (Lipinski definition) is 5. The van der Waals surface area contributed by atoms with E-state index in [0.29, 0.717) is 12.5 Å². The van der Waals surface area contributed by atoms with Crippen molar-refractivity contribution in [1.82, 2.24) is 15.2 Å². The fourth-order valence-electron chi connectivity index (χ4n) is 5.36. The molecule has 170 valence electrons. The zero-order chi connectivity index (χ0) is 21.9. The molecule has 0 bridgehead atoms. The van der Waals surface area contributed by atoms with Gasteiger partial charge in [0.1, 0.15) is 18.0 Å². The van der Waals surface area contributed by atoms with Crippen LogP contribution >= 0.6 is 0 Å². The number of carbonyl (C=O) groups excluding carboxylic acids is 1. The van der Waals surface area contributed by atoms with Crippen molar-refractivity contribution in [3.8, 4) is 5.75 Å². The monoisotopic (exact) mass is 435 g/mol. The number of nitrogens with one attached hydrogen (secondary N) is 1. The van der Waals surface area contributed by atoms with Crippen LogP contribution in [0.4, 0.5) is 0 Å². The molecule has 32 heavy (non-hydrogen) atoms. The molecule has 0 unspecified atom stereocenters. The molecule has 2 fully saturated rings. The Morgan fingerprint density at radius 2 is 2.19 bits per heavy atom. The lowest BCUT2D eigenvalue weighted by Crippen LogP contribution is -2.45. The van der Waals surface area contributed by atoms with Crippen molar-refractivity contribution in [1.29, 1.82) is 0 Å². The Kier molecular flexibility index (Phi) is 6.42. The molecule has 3 aliphatic rings. The van der Waals surface area contributed by atoms with E-state index in [2.05, 4.69) is 40.3 Å². The van der Waals surface area contributed by atoms with Crippen molar-refractivity contribution in [2.24, 2.45) is 5.92 Å². The van der Waals surface area contributed by atoms with Crippen molar-refractivity contribution in [3.05, 3.63) is 59.4 Å². The van der Waals surface area contributed by atoms with Crippen LogP contribution in [-0.2, 0) is 22.5 Å². The van der Waals surface area contributed by atoms with E-state index in [-0.39, 0.29) is 24.2 Å². The van der Waals surface area contributed by atoms with Crippen LogP contribution in [0.2, 0.25) is 0 Å². The average Bonchev–Trinajstić information content (AvgIpc) is 3.47. The molecule has 0 radical (unpaired) electrons. The highest BCUT2D eigenvalue weighted by Gasteiger charge is 2.33. The van der Waals surface area contributed by atoms with Gasteiger partial charge in [-0.25, -0.2) is 0 Å². The summed E-state index contributed by atoms with van der Waals surface area (Å²) in [5.74, 6) is 1.36. The SMILES string of the molecule is C[C@@H]1Cc2cc(CN3CCC[C@H]([C@@H](NC(=O)[C@@H]4CCCO4)c4ccccn4)C3)ccc2O1. The largest absolute Gasteiger partial charge is 0.490 e. The van der Waals surface area contributed by atoms with Gasteiger partial charge in [0.2, 0.25) is 5.91 Å². The molecule has 6 nitrogen and oxygen atoms in total. The highest BCUT2D eigenvalue weighted by Crippen LogP contribution is 2.32.